The Morgan fingerprint density at radius 3 is 0.891 bits per heavy atom. The Balaban J connectivity index is 0.000000512. The first kappa shape index (κ1) is 81.3. The van der Waals surface area contributed by atoms with E-state index in [9.17, 15) is 0 Å². The van der Waals surface area contributed by atoms with Gasteiger partial charge in [-0.3, -0.25) is 19.1 Å². The molecule has 92 heavy (non-hydrogen) atoms. The summed E-state index contributed by atoms with van der Waals surface area (Å²) in [6.07, 6.45) is 0. The van der Waals surface area contributed by atoms with Crippen molar-refractivity contribution in [3.05, 3.63) is 129 Å². The molecule has 10 rings (SSSR count). The molecule has 0 bridgehead atoms. The second-order valence-electron chi connectivity index (χ2n) is 21.2. The second kappa shape index (κ2) is 38.2. The van der Waals surface area contributed by atoms with Crippen LogP contribution in [0, 0.1) is 145 Å². The van der Waals surface area contributed by atoms with Gasteiger partial charge in [0.05, 0.1) is 99.3 Å². The summed E-state index contributed by atoms with van der Waals surface area (Å²) >= 11 is 11.3. The van der Waals surface area contributed by atoms with Crippen LogP contribution >= 0.6 is 23.2 Å². The lowest BCUT2D eigenvalue weighted by Crippen LogP contribution is -1.97. The van der Waals surface area contributed by atoms with E-state index in [4.69, 9.17) is 66.4 Å². The summed E-state index contributed by atoms with van der Waals surface area (Å²) in [5.74, 6) is 5.91. The van der Waals surface area contributed by atoms with Crippen LogP contribution in [0.2, 0.25) is 10.4 Å². The standard InChI is InChI=1S/C7H12N2O2.2C7H12N2O.C7H12N2.C6H9ClN2.C6H11N3.C6H10N2O.C6H9NO2.C6H9NO.C5H6ClNO/c1-5-6(10-3)8-9(2)7(5)11-4;2*1-5-6(2)8-9(3)7(5)10-4;1-5-6(2)8-9(4)7(5)3;2*1-4-5(2)8-9(3)6(4)7;1-4-5(2)7-8-6(4)9-3;1-4-5(2)7-9-6(4)8-3;1-4-5(2)7-8-6(4)3;1-3-4(2)7-8-5(3)6/h1-4H3;2*1-4H3;1-4H3;1-3H3;7H2,1-3H3;1-3H3,(H,7,8);1-3H3;1-3H3;1-2H3. The maximum atomic E-state index is 5.80. The van der Waals surface area contributed by atoms with E-state index >= 15 is 0 Å². The molecule has 27 nitrogen and oxygen atoms in total. The molecule has 0 unspecified atom stereocenters. The minimum atomic E-state index is 0.391. The molecule has 0 aliphatic heterocycles. The summed E-state index contributed by atoms with van der Waals surface area (Å²) in [5, 5.41) is 43.7. The fraction of sp³-hybridized carbons (Fsp3) is 0.524. The third kappa shape index (κ3) is 22.9. The van der Waals surface area contributed by atoms with Gasteiger partial charge in [-0.1, -0.05) is 27.1 Å². The average Bonchev–Trinajstić information content (AvgIpc) is 2.08. The molecule has 0 spiro atoms. The Bertz CT molecular complexity index is 3470. The number of H-pyrrole nitrogens is 1. The smallest absolute Gasteiger partial charge is 0.314 e. The quantitative estimate of drug-likeness (QED) is 0.156. The highest BCUT2D eigenvalue weighted by atomic mass is 35.5. The van der Waals surface area contributed by atoms with Gasteiger partial charge in [0.15, 0.2) is 0 Å². The van der Waals surface area contributed by atoms with Crippen LogP contribution in [-0.2, 0) is 42.3 Å². The van der Waals surface area contributed by atoms with E-state index in [1.165, 1.54) is 11.3 Å². The largest absolute Gasteiger partial charge is 0.481 e. The zero-order valence-electron chi connectivity index (χ0n) is 60.7. The molecule has 0 aromatic carbocycles. The molecule has 29 heteroatoms. The average molecular weight is 1330 g/mol. The Morgan fingerprint density at radius 2 is 0.739 bits per heavy atom. The van der Waals surface area contributed by atoms with E-state index in [1.54, 1.807) is 66.1 Å². The van der Waals surface area contributed by atoms with E-state index in [0.717, 1.165) is 136 Å². The van der Waals surface area contributed by atoms with Gasteiger partial charge >= 0.3 is 5.95 Å². The van der Waals surface area contributed by atoms with Gasteiger partial charge in [-0.05, 0) is 163 Å². The number of halogens is 2. The Labute approximate surface area is 553 Å². The highest BCUT2D eigenvalue weighted by molar-refractivity contribution is 6.30. The van der Waals surface area contributed by atoms with E-state index < -0.39 is 0 Å². The molecule has 0 aliphatic rings. The van der Waals surface area contributed by atoms with E-state index in [1.807, 2.05) is 179 Å². The first-order chi connectivity index (χ1) is 42.8. The van der Waals surface area contributed by atoms with E-state index in [-0.39, 0.29) is 0 Å². The van der Waals surface area contributed by atoms with Crippen molar-refractivity contribution in [1.82, 2.24) is 84.4 Å². The summed E-state index contributed by atoms with van der Waals surface area (Å²) in [5.41, 5.74) is 26.6. The van der Waals surface area contributed by atoms with Gasteiger partial charge in [0, 0.05) is 92.6 Å². The number of nitrogen functional groups attached to an aromatic ring is 1. The number of aryl methyl sites for hydroxylation is 16. The van der Waals surface area contributed by atoms with Crippen molar-refractivity contribution in [2.45, 2.75) is 145 Å². The van der Waals surface area contributed by atoms with Gasteiger partial charge in [-0.25, -0.2) is 14.0 Å². The zero-order chi connectivity index (χ0) is 70.9. The van der Waals surface area contributed by atoms with E-state index in [2.05, 4.69) is 74.6 Å². The van der Waals surface area contributed by atoms with Crippen molar-refractivity contribution >= 4 is 29.0 Å². The lowest BCUT2D eigenvalue weighted by atomic mass is 10.2. The van der Waals surface area contributed by atoms with Crippen molar-refractivity contribution in [2.24, 2.45) is 42.3 Å². The molecule has 0 saturated carbocycles. The molecule has 0 atom stereocenters. The van der Waals surface area contributed by atoms with Crippen molar-refractivity contribution in [2.75, 3.05) is 48.4 Å². The summed E-state index contributed by atoms with van der Waals surface area (Å²) < 4.78 is 54.7. The Kier molecular flexibility index (Phi) is 33.8. The molecule has 512 valence electrons. The molecule has 10 aromatic heterocycles. The molecule has 3 N–H and O–H groups in total. The molecule has 0 radical (unpaired) electrons. The van der Waals surface area contributed by atoms with Gasteiger partial charge in [0.25, 0.3) is 0 Å². The topological polar surface area (TPSA) is 295 Å². The zero-order valence-corrected chi connectivity index (χ0v) is 62.2. The van der Waals surface area contributed by atoms with Crippen LogP contribution in [0.3, 0.4) is 0 Å². The number of nitrogens with one attached hydrogen (secondary N) is 1. The maximum absolute atomic E-state index is 5.80. The summed E-state index contributed by atoms with van der Waals surface area (Å²) in [6.45, 7) is 41.2. The molecular weight excluding hydrogens is 1220 g/mol. The lowest BCUT2D eigenvalue weighted by Gasteiger charge is -1.98. The van der Waals surface area contributed by atoms with Gasteiger partial charge < -0.3 is 47.7 Å². The van der Waals surface area contributed by atoms with Gasteiger partial charge in [0.1, 0.15) is 16.7 Å². The van der Waals surface area contributed by atoms with Crippen molar-refractivity contribution in [3.8, 4) is 35.3 Å². The number of nitrogens with zero attached hydrogens (tertiary/aromatic N) is 16. The minimum absolute atomic E-state index is 0.391. The first-order valence-electron chi connectivity index (χ1n) is 28.9. The predicted molar refractivity (Wildman–Crippen MR) is 361 cm³/mol. The van der Waals surface area contributed by atoms with Crippen LogP contribution in [0.25, 0.3) is 0 Å². The van der Waals surface area contributed by atoms with Crippen LogP contribution in [0.4, 0.5) is 5.82 Å². The molecule has 0 aliphatic carbocycles. The second-order valence-corrected chi connectivity index (χ2v) is 21.9. The van der Waals surface area contributed by atoms with Crippen molar-refractivity contribution < 1.29 is 42.0 Å². The number of aromatic amines is 1. The van der Waals surface area contributed by atoms with Crippen molar-refractivity contribution in [1.29, 1.82) is 0 Å². The van der Waals surface area contributed by atoms with Crippen LogP contribution in [-0.4, -0.2) is 127 Å². The summed E-state index contributed by atoms with van der Waals surface area (Å²) in [6, 6.07) is 0. The highest BCUT2D eigenvalue weighted by Gasteiger charge is 2.13. The number of anilines is 1. The van der Waals surface area contributed by atoms with Crippen LogP contribution in [0.5, 0.6) is 35.3 Å². The number of aromatic nitrogens is 17. The normalized spacial score (nSPS) is 9.95. The molecular formula is C63H102Cl2N18O9. The fourth-order valence-corrected chi connectivity index (χ4v) is 8.03. The number of methoxy groups -OCH3 is 6. The fourth-order valence-electron chi connectivity index (χ4n) is 7.69. The first-order valence-corrected chi connectivity index (χ1v) is 29.7. The third-order valence-corrected chi connectivity index (χ3v) is 15.8. The minimum Gasteiger partial charge on any atom is -0.481 e. The van der Waals surface area contributed by atoms with Gasteiger partial charge in [-0.2, -0.15) is 25.5 Å². The number of rotatable bonds is 6. The third-order valence-electron chi connectivity index (χ3n) is 14.9. The molecule has 10 heterocycles. The Hall–Kier alpha value is -8.72. The number of hydrogen-bond acceptors (Lipinski definition) is 20. The number of ether oxygens (including phenoxy) is 6. The van der Waals surface area contributed by atoms with Crippen LogP contribution in [0.1, 0.15) is 118 Å². The monoisotopic (exact) mass is 1320 g/mol. The summed E-state index contributed by atoms with van der Waals surface area (Å²) in [7, 11) is 20.9. The van der Waals surface area contributed by atoms with Crippen LogP contribution in [0.15, 0.2) is 13.6 Å². The predicted octanol–water partition coefficient (Wildman–Crippen LogP) is 12.4. The SMILES string of the molecule is COc1c(C)c(C)nn1C.COc1c(C)c(C)nn1C.COc1n[nH]c(C)c1C.COc1nn(C)c(OC)c1C.COc1onc(C)c1C.Cc1nn(C)c(C)c1C.Cc1nn(C)c(Cl)c1C.Cc1nn(C)c(N)c1C.Cc1noc(C)c1C.Cc1noc(Cl)c1C. The van der Waals surface area contributed by atoms with Gasteiger partial charge in [0.2, 0.25) is 34.6 Å². The lowest BCUT2D eigenvalue weighted by molar-refractivity contribution is 0.258. The molecule has 0 saturated heterocycles. The molecule has 0 fully saturated rings. The molecule has 0 amide bonds. The number of hydrogen-bond donors (Lipinski definition) is 2. The maximum Gasteiger partial charge on any atom is 0.314 e. The van der Waals surface area contributed by atoms with Crippen LogP contribution < -0.4 is 34.2 Å². The number of nitrogens with two attached hydrogens (primary N) is 1. The highest BCUT2D eigenvalue weighted by Crippen LogP contribution is 2.26. The summed E-state index contributed by atoms with van der Waals surface area (Å²) in [4.78, 5) is 0. The van der Waals surface area contributed by atoms with E-state index in [0.29, 0.717) is 22.9 Å². The Morgan fingerprint density at radius 1 is 0.348 bits per heavy atom. The van der Waals surface area contributed by atoms with Crippen molar-refractivity contribution in [3.63, 3.8) is 0 Å². The molecule has 10 aromatic rings. The van der Waals surface area contributed by atoms with Gasteiger partial charge in [-0.15, -0.1) is 10.2 Å².